The molecule has 2 nitrogen and oxygen atoms in total. The van der Waals surface area contributed by atoms with Gasteiger partial charge in [-0.1, -0.05) is 165 Å². The molecule has 0 amide bonds. The number of benzene rings is 6. The van der Waals surface area contributed by atoms with Gasteiger partial charge in [0.05, 0.1) is 0 Å². The van der Waals surface area contributed by atoms with Crippen molar-refractivity contribution in [3.8, 4) is 11.1 Å². The molecule has 0 N–H and O–H groups in total. The van der Waals surface area contributed by atoms with Gasteiger partial charge in [-0.25, -0.2) is 0 Å². The standard InChI is InChI=1S/C45H40O2P2/c1-3-4-8-19-34(2)48(46,37-22-9-5-10-23-37)42-32-30-35-20-15-17-28-40(35)44(42)45-41-29-18-16-21-36(41)31-33-43(45)49(47,38-24-11-6-12-25-38)39-26-13-7-14-27-39/h4-13,15-26,28-33H,3,14,27H2,1-2H3/b8-4-,34-19+. The molecular formula is C45H40O2P2. The van der Waals surface area contributed by atoms with Gasteiger partial charge in [0.2, 0.25) is 0 Å². The first-order valence-corrected chi connectivity index (χ1v) is 20.5. The van der Waals surface area contributed by atoms with E-state index in [1.807, 2.05) is 110 Å². The normalized spacial score (nSPS) is 16.0. The third-order valence-corrected chi connectivity index (χ3v) is 16.1. The lowest BCUT2D eigenvalue weighted by atomic mass is 9.93. The van der Waals surface area contributed by atoms with Gasteiger partial charge in [-0.2, -0.15) is 0 Å². The van der Waals surface area contributed by atoms with Crippen molar-refractivity contribution in [1.29, 1.82) is 0 Å². The summed E-state index contributed by atoms with van der Waals surface area (Å²) in [7, 11) is -6.80. The lowest BCUT2D eigenvalue weighted by Crippen LogP contribution is -2.24. The molecule has 6 aromatic carbocycles. The second-order valence-electron chi connectivity index (χ2n) is 12.5. The van der Waals surface area contributed by atoms with Crippen LogP contribution in [0, 0.1) is 0 Å². The molecule has 0 spiro atoms. The largest absolute Gasteiger partial charge is 0.309 e. The second-order valence-corrected chi connectivity index (χ2v) is 18.2. The molecule has 0 aromatic heterocycles. The quantitative estimate of drug-likeness (QED) is 0.113. The molecule has 0 aliphatic heterocycles. The third-order valence-electron chi connectivity index (χ3n) is 9.58. The number of allylic oxidation sites excluding steroid dienone is 8. The number of hydrogen-bond acceptors (Lipinski definition) is 2. The van der Waals surface area contributed by atoms with Crippen molar-refractivity contribution in [3.05, 3.63) is 181 Å². The summed E-state index contributed by atoms with van der Waals surface area (Å²) in [6, 6.07) is 44.8. The lowest BCUT2D eigenvalue weighted by molar-refractivity contribution is 0.589. The third kappa shape index (κ3) is 5.84. The van der Waals surface area contributed by atoms with Crippen molar-refractivity contribution in [2.75, 3.05) is 0 Å². The Labute approximate surface area is 290 Å². The molecular weight excluding hydrogens is 634 g/mol. The molecule has 4 heteroatoms. The highest BCUT2D eigenvalue weighted by molar-refractivity contribution is 7.83. The smallest absolute Gasteiger partial charge is 0.167 e. The Bertz CT molecular complexity index is 2380. The van der Waals surface area contributed by atoms with E-state index in [1.165, 1.54) is 0 Å². The Balaban J connectivity index is 1.69. The molecule has 0 saturated heterocycles. The van der Waals surface area contributed by atoms with Crippen LogP contribution < -0.4 is 21.2 Å². The first-order chi connectivity index (χ1) is 24.0. The minimum Gasteiger partial charge on any atom is -0.309 e. The molecule has 0 fully saturated rings. The fourth-order valence-corrected chi connectivity index (χ4v) is 13.0. The first-order valence-electron chi connectivity index (χ1n) is 17.0. The van der Waals surface area contributed by atoms with E-state index in [4.69, 9.17) is 0 Å². The zero-order valence-corrected chi connectivity index (χ0v) is 29.8. The van der Waals surface area contributed by atoms with Crippen LogP contribution in [-0.2, 0) is 9.13 Å². The Morgan fingerprint density at radius 1 is 0.653 bits per heavy atom. The zero-order chi connectivity index (χ0) is 33.8. The number of hydrogen-bond donors (Lipinski definition) is 0. The van der Waals surface area contributed by atoms with E-state index in [9.17, 15) is 0 Å². The van der Waals surface area contributed by atoms with Crippen molar-refractivity contribution in [2.45, 2.75) is 33.1 Å². The van der Waals surface area contributed by atoms with Crippen LogP contribution in [0.2, 0.25) is 0 Å². The molecule has 49 heavy (non-hydrogen) atoms. The van der Waals surface area contributed by atoms with Crippen LogP contribution in [0.25, 0.3) is 32.7 Å². The predicted octanol–water partition coefficient (Wildman–Crippen LogP) is 11.4. The van der Waals surface area contributed by atoms with E-state index in [0.717, 1.165) is 77.4 Å². The molecule has 6 aromatic rings. The Morgan fingerprint density at radius 2 is 1.20 bits per heavy atom. The zero-order valence-electron chi connectivity index (χ0n) is 28.0. The molecule has 1 aliphatic carbocycles. The predicted molar refractivity (Wildman–Crippen MR) is 213 cm³/mol. The van der Waals surface area contributed by atoms with Crippen molar-refractivity contribution < 1.29 is 9.13 Å². The summed E-state index contributed by atoms with van der Waals surface area (Å²) in [5.41, 5.74) is 1.77. The van der Waals surface area contributed by atoms with E-state index < -0.39 is 14.3 Å². The van der Waals surface area contributed by atoms with Crippen LogP contribution in [0.4, 0.5) is 0 Å². The molecule has 0 heterocycles. The van der Waals surface area contributed by atoms with E-state index >= 15 is 9.13 Å². The second kappa shape index (κ2) is 14.0. The summed E-state index contributed by atoms with van der Waals surface area (Å²) in [6.07, 6.45) is 14.8. The van der Waals surface area contributed by atoms with E-state index in [0.29, 0.717) is 6.42 Å². The van der Waals surface area contributed by atoms with Gasteiger partial charge in [-0.15, -0.1) is 0 Å². The maximum atomic E-state index is 16.3. The van der Waals surface area contributed by atoms with E-state index in [-0.39, 0.29) is 0 Å². The van der Waals surface area contributed by atoms with Gasteiger partial charge in [0, 0.05) is 32.3 Å². The van der Waals surface area contributed by atoms with Crippen molar-refractivity contribution in [3.63, 3.8) is 0 Å². The maximum absolute atomic E-state index is 16.3. The van der Waals surface area contributed by atoms with Gasteiger partial charge in [-0.3, -0.25) is 0 Å². The molecule has 0 radical (unpaired) electrons. The highest BCUT2D eigenvalue weighted by Crippen LogP contribution is 2.59. The highest BCUT2D eigenvalue weighted by atomic mass is 31.2. The van der Waals surface area contributed by atoms with Gasteiger partial charge in [0.1, 0.15) is 0 Å². The molecule has 7 rings (SSSR count). The fourth-order valence-electron chi connectivity index (χ4n) is 7.14. The topological polar surface area (TPSA) is 34.1 Å². The number of rotatable bonds is 9. The van der Waals surface area contributed by atoms with E-state index in [2.05, 4.69) is 73.7 Å². The van der Waals surface area contributed by atoms with Crippen LogP contribution >= 0.6 is 14.3 Å². The van der Waals surface area contributed by atoms with Gasteiger partial charge in [-0.05, 0) is 70.5 Å². The summed E-state index contributed by atoms with van der Waals surface area (Å²) in [5, 5.41) is 8.93. The molecule has 2 atom stereocenters. The Morgan fingerprint density at radius 3 is 1.80 bits per heavy atom. The van der Waals surface area contributed by atoms with Gasteiger partial charge < -0.3 is 9.13 Å². The van der Waals surface area contributed by atoms with Crippen LogP contribution in [0.15, 0.2) is 181 Å². The van der Waals surface area contributed by atoms with Crippen molar-refractivity contribution in [1.82, 2.24) is 0 Å². The summed E-state index contributed by atoms with van der Waals surface area (Å²) in [4.78, 5) is 0. The van der Waals surface area contributed by atoms with Crippen LogP contribution in [0.1, 0.15) is 33.1 Å². The molecule has 0 saturated carbocycles. The van der Waals surface area contributed by atoms with Crippen LogP contribution in [0.5, 0.6) is 0 Å². The lowest BCUT2D eigenvalue weighted by Gasteiger charge is -2.30. The molecule has 2 unspecified atom stereocenters. The molecule has 0 bridgehead atoms. The highest BCUT2D eigenvalue weighted by Gasteiger charge is 2.38. The summed E-state index contributed by atoms with van der Waals surface area (Å²) >= 11 is 0. The van der Waals surface area contributed by atoms with Gasteiger partial charge in [0.15, 0.2) is 14.3 Å². The minimum absolute atomic E-state index is 0.714. The van der Waals surface area contributed by atoms with Crippen molar-refractivity contribution in [2.24, 2.45) is 0 Å². The fraction of sp³-hybridized carbons (Fsp3) is 0.111. The average molecular weight is 675 g/mol. The SMILES string of the molecule is CC/C=C\C=C(/C)P(=O)(c1ccccc1)c1ccc2ccccc2c1-c1c(P(=O)(C2=CC=CCC2)c2ccccc2)ccc2ccccc12. The average Bonchev–Trinajstić information content (AvgIpc) is 3.17. The Hall–Kier alpha value is -4.74. The molecule has 1 aliphatic rings. The minimum atomic E-state index is -3.42. The maximum Gasteiger partial charge on any atom is 0.167 e. The van der Waals surface area contributed by atoms with Crippen LogP contribution in [-0.4, -0.2) is 0 Å². The van der Waals surface area contributed by atoms with E-state index in [1.54, 1.807) is 0 Å². The monoisotopic (exact) mass is 674 g/mol. The summed E-state index contributed by atoms with van der Waals surface area (Å²) < 4.78 is 32.5. The van der Waals surface area contributed by atoms with Crippen LogP contribution in [0.3, 0.4) is 0 Å². The van der Waals surface area contributed by atoms with Gasteiger partial charge in [0.25, 0.3) is 0 Å². The first kappa shape index (κ1) is 32.8. The number of fused-ring (bicyclic) bond motifs is 2. The summed E-state index contributed by atoms with van der Waals surface area (Å²) in [5.74, 6) is 0. The summed E-state index contributed by atoms with van der Waals surface area (Å²) in [6.45, 7) is 4.09. The Kier molecular flexibility index (Phi) is 9.38. The molecule has 242 valence electrons. The van der Waals surface area contributed by atoms with Crippen molar-refractivity contribution >= 4 is 57.0 Å². The van der Waals surface area contributed by atoms with Gasteiger partial charge >= 0.3 is 0 Å².